The molecule has 1 heterocycles. The van der Waals surface area contributed by atoms with Gasteiger partial charge in [-0.1, -0.05) is 6.92 Å². The van der Waals surface area contributed by atoms with Crippen LogP contribution in [0.15, 0.2) is 24.3 Å². The van der Waals surface area contributed by atoms with Crippen molar-refractivity contribution in [3.05, 3.63) is 35.4 Å². The molecular weight excluding hydrogens is 246 g/mol. The third-order valence-electron chi connectivity index (χ3n) is 3.58. The van der Waals surface area contributed by atoms with Gasteiger partial charge in [0.2, 0.25) is 0 Å². The highest BCUT2D eigenvalue weighted by atomic mass is 16.4. The van der Waals surface area contributed by atoms with Crippen molar-refractivity contribution in [2.24, 2.45) is 5.92 Å². The number of likely N-dealkylation sites (tertiary alicyclic amines) is 1. The van der Waals surface area contributed by atoms with E-state index in [4.69, 9.17) is 5.11 Å². The summed E-state index contributed by atoms with van der Waals surface area (Å²) >= 11 is 0. The van der Waals surface area contributed by atoms with Gasteiger partial charge in [0.15, 0.2) is 0 Å². The molecule has 0 radical (unpaired) electrons. The minimum Gasteiger partial charge on any atom is -0.478 e. The zero-order valence-corrected chi connectivity index (χ0v) is 10.7. The molecule has 2 N–H and O–H groups in total. The maximum atomic E-state index is 12.2. The summed E-state index contributed by atoms with van der Waals surface area (Å²) in [5, 5.41) is 18.6. The first-order valence-electron chi connectivity index (χ1n) is 6.29. The first kappa shape index (κ1) is 13.5. The molecule has 1 aliphatic rings. The van der Waals surface area contributed by atoms with Crippen LogP contribution >= 0.6 is 0 Å². The molecular formula is C14H17NO4. The molecule has 1 aliphatic heterocycles. The number of hydrogen-bond acceptors (Lipinski definition) is 3. The fraction of sp³-hybridized carbons (Fsp3) is 0.429. The maximum Gasteiger partial charge on any atom is 0.335 e. The molecule has 1 amide bonds. The van der Waals surface area contributed by atoms with Crippen LogP contribution in [0.4, 0.5) is 0 Å². The molecule has 2 rings (SSSR count). The molecule has 5 heteroatoms. The molecule has 0 bridgehead atoms. The van der Waals surface area contributed by atoms with Crippen molar-refractivity contribution in [1.82, 2.24) is 4.90 Å². The Bertz CT molecular complexity index is 483. The number of carbonyl (C=O) groups excluding carboxylic acids is 1. The van der Waals surface area contributed by atoms with Crippen LogP contribution in [-0.2, 0) is 0 Å². The van der Waals surface area contributed by atoms with Gasteiger partial charge in [-0.25, -0.2) is 4.79 Å². The minimum absolute atomic E-state index is 0.156. The molecule has 2 unspecified atom stereocenters. The molecule has 1 aromatic rings. The second kappa shape index (κ2) is 5.40. The predicted molar refractivity (Wildman–Crippen MR) is 69.1 cm³/mol. The van der Waals surface area contributed by atoms with E-state index in [2.05, 4.69) is 0 Å². The van der Waals surface area contributed by atoms with Crippen LogP contribution in [-0.4, -0.2) is 46.2 Å². The number of rotatable bonds is 2. The summed E-state index contributed by atoms with van der Waals surface area (Å²) in [6.07, 6.45) is 0.288. The molecule has 0 aliphatic carbocycles. The van der Waals surface area contributed by atoms with Crippen LogP contribution in [0.5, 0.6) is 0 Å². The van der Waals surface area contributed by atoms with Gasteiger partial charge < -0.3 is 15.1 Å². The summed E-state index contributed by atoms with van der Waals surface area (Å²) in [6.45, 7) is 2.92. The Morgan fingerprint density at radius 3 is 2.32 bits per heavy atom. The Hall–Kier alpha value is -1.88. The average Bonchev–Trinajstić information content (AvgIpc) is 2.41. The molecule has 2 atom stereocenters. The first-order chi connectivity index (χ1) is 8.99. The van der Waals surface area contributed by atoms with Crippen LogP contribution in [0.25, 0.3) is 0 Å². The molecule has 1 fully saturated rings. The van der Waals surface area contributed by atoms with Crippen molar-refractivity contribution >= 4 is 11.9 Å². The number of piperidine rings is 1. The maximum absolute atomic E-state index is 12.2. The van der Waals surface area contributed by atoms with Gasteiger partial charge in [-0.3, -0.25) is 4.79 Å². The molecule has 102 valence electrons. The van der Waals surface area contributed by atoms with Gasteiger partial charge in [-0.05, 0) is 36.6 Å². The van der Waals surface area contributed by atoms with Crippen molar-refractivity contribution in [1.29, 1.82) is 0 Å². The summed E-state index contributed by atoms with van der Waals surface area (Å²) in [7, 11) is 0. The summed E-state index contributed by atoms with van der Waals surface area (Å²) in [4.78, 5) is 24.5. The number of nitrogens with zero attached hydrogens (tertiary/aromatic N) is 1. The minimum atomic E-state index is -1.01. The van der Waals surface area contributed by atoms with E-state index >= 15 is 0 Å². The zero-order chi connectivity index (χ0) is 14.0. The van der Waals surface area contributed by atoms with E-state index in [0.717, 1.165) is 6.42 Å². The number of carboxylic acids is 1. The SMILES string of the molecule is CC1CCN(C(=O)c2ccc(C(=O)O)cc2)CC1O. The van der Waals surface area contributed by atoms with Gasteiger partial charge in [0.05, 0.1) is 11.7 Å². The number of hydrogen-bond donors (Lipinski definition) is 2. The summed E-state index contributed by atoms with van der Waals surface area (Å²) in [5.41, 5.74) is 0.607. The zero-order valence-electron chi connectivity index (χ0n) is 10.7. The Morgan fingerprint density at radius 1 is 1.21 bits per heavy atom. The second-order valence-corrected chi connectivity index (χ2v) is 4.97. The molecule has 0 saturated carbocycles. The lowest BCUT2D eigenvalue weighted by atomic mass is 9.95. The van der Waals surface area contributed by atoms with E-state index in [1.54, 1.807) is 4.90 Å². The third kappa shape index (κ3) is 2.93. The number of amides is 1. The number of aromatic carboxylic acids is 1. The molecule has 5 nitrogen and oxygen atoms in total. The van der Waals surface area contributed by atoms with Crippen LogP contribution in [0, 0.1) is 5.92 Å². The Balaban J connectivity index is 2.09. The average molecular weight is 263 g/mol. The summed E-state index contributed by atoms with van der Waals surface area (Å²) in [5.74, 6) is -0.970. The number of carbonyl (C=O) groups is 2. The van der Waals surface area contributed by atoms with Crippen LogP contribution < -0.4 is 0 Å². The van der Waals surface area contributed by atoms with E-state index in [0.29, 0.717) is 18.7 Å². The second-order valence-electron chi connectivity index (χ2n) is 4.97. The standard InChI is InChI=1S/C14H17NO4/c1-9-6-7-15(8-12(9)16)13(17)10-2-4-11(5-3-10)14(18)19/h2-5,9,12,16H,6-8H2,1H3,(H,18,19). The smallest absolute Gasteiger partial charge is 0.335 e. The van der Waals surface area contributed by atoms with Crippen molar-refractivity contribution in [2.75, 3.05) is 13.1 Å². The fourth-order valence-electron chi connectivity index (χ4n) is 2.17. The molecule has 0 spiro atoms. The highest BCUT2D eigenvalue weighted by molar-refractivity contribution is 5.96. The van der Waals surface area contributed by atoms with E-state index in [-0.39, 0.29) is 17.4 Å². The topological polar surface area (TPSA) is 77.8 Å². The van der Waals surface area contributed by atoms with Gasteiger partial charge in [0.1, 0.15) is 0 Å². The number of carboxylic acid groups (broad SMARTS) is 1. The lowest BCUT2D eigenvalue weighted by Gasteiger charge is -2.34. The van der Waals surface area contributed by atoms with Crippen molar-refractivity contribution in [3.63, 3.8) is 0 Å². The quantitative estimate of drug-likeness (QED) is 0.841. The largest absolute Gasteiger partial charge is 0.478 e. The summed E-state index contributed by atoms with van der Waals surface area (Å²) < 4.78 is 0. The first-order valence-corrected chi connectivity index (χ1v) is 6.29. The van der Waals surface area contributed by atoms with E-state index in [9.17, 15) is 14.7 Å². The van der Waals surface area contributed by atoms with Crippen molar-refractivity contribution in [3.8, 4) is 0 Å². The van der Waals surface area contributed by atoms with Crippen LogP contribution in [0.1, 0.15) is 34.1 Å². The van der Waals surface area contributed by atoms with Gasteiger partial charge in [0.25, 0.3) is 5.91 Å². The number of aliphatic hydroxyl groups is 1. The van der Waals surface area contributed by atoms with Crippen molar-refractivity contribution < 1.29 is 19.8 Å². The van der Waals surface area contributed by atoms with E-state index < -0.39 is 12.1 Å². The van der Waals surface area contributed by atoms with Crippen LogP contribution in [0.2, 0.25) is 0 Å². The number of aliphatic hydroxyl groups excluding tert-OH is 1. The van der Waals surface area contributed by atoms with Gasteiger partial charge in [0, 0.05) is 18.7 Å². The van der Waals surface area contributed by atoms with Gasteiger partial charge in [-0.15, -0.1) is 0 Å². The molecule has 1 aromatic carbocycles. The van der Waals surface area contributed by atoms with Crippen LogP contribution in [0.3, 0.4) is 0 Å². The van der Waals surface area contributed by atoms with Gasteiger partial charge in [-0.2, -0.15) is 0 Å². The highest BCUT2D eigenvalue weighted by Gasteiger charge is 2.27. The number of benzene rings is 1. The number of β-amino-alcohol motifs (C(OH)–C–C–N with tert-alkyl or cyclic N) is 1. The Morgan fingerprint density at radius 2 is 1.79 bits per heavy atom. The Kier molecular flexibility index (Phi) is 3.85. The summed E-state index contributed by atoms with van der Waals surface area (Å²) in [6, 6.07) is 5.85. The van der Waals surface area contributed by atoms with E-state index in [1.165, 1.54) is 24.3 Å². The Labute approximate surface area is 111 Å². The van der Waals surface area contributed by atoms with Gasteiger partial charge >= 0.3 is 5.97 Å². The predicted octanol–water partition coefficient (Wildman–Crippen LogP) is 1.23. The molecule has 1 saturated heterocycles. The normalized spacial score (nSPS) is 23.2. The lowest BCUT2D eigenvalue weighted by Crippen LogP contribution is -2.45. The third-order valence-corrected chi connectivity index (χ3v) is 3.58. The fourth-order valence-corrected chi connectivity index (χ4v) is 2.17. The molecule has 19 heavy (non-hydrogen) atoms. The van der Waals surface area contributed by atoms with E-state index in [1.807, 2.05) is 6.92 Å². The lowest BCUT2D eigenvalue weighted by molar-refractivity contribution is 0.0248. The van der Waals surface area contributed by atoms with Crippen molar-refractivity contribution in [2.45, 2.75) is 19.4 Å². The highest BCUT2D eigenvalue weighted by Crippen LogP contribution is 2.19. The monoisotopic (exact) mass is 263 g/mol. The molecule has 0 aromatic heterocycles.